The second-order valence-electron chi connectivity index (χ2n) is 8.36. The summed E-state index contributed by atoms with van der Waals surface area (Å²) in [7, 11) is 2.79. The lowest BCUT2D eigenvalue weighted by molar-refractivity contribution is -0.132. The summed E-state index contributed by atoms with van der Waals surface area (Å²) in [6.45, 7) is 2.48. The van der Waals surface area contributed by atoms with Gasteiger partial charge in [-0.2, -0.15) is 0 Å². The van der Waals surface area contributed by atoms with Gasteiger partial charge in [-0.1, -0.05) is 31.2 Å². The fraction of sp³-hybridized carbons (Fsp3) is 0.207. The molecular formula is C29H27NO7. The number of methoxy groups -OCH3 is 2. The van der Waals surface area contributed by atoms with Gasteiger partial charge in [0.1, 0.15) is 17.3 Å². The van der Waals surface area contributed by atoms with Crippen molar-refractivity contribution < 1.29 is 33.7 Å². The Morgan fingerprint density at radius 3 is 2.30 bits per heavy atom. The van der Waals surface area contributed by atoms with Gasteiger partial charge in [-0.15, -0.1) is 0 Å². The molecule has 1 fully saturated rings. The molecule has 0 radical (unpaired) electrons. The number of Topliss-reactive ketones (excluding diaryl/α,β-unsaturated/α-hetero) is 1. The number of aliphatic hydroxyl groups is 1. The summed E-state index contributed by atoms with van der Waals surface area (Å²) in [5, 5.41) is 11.4. The van der Waals surface area contributed by atoms with E-state index in [1.54, 1.807) is 60.7 Å². The van der Waals surface area contributed by atoms with Gasteiger partial charge in [-0.05, 0) is 60.5 Å². The highest BCUT2D eigenvalue weighted by Gasteiger charge is 2.47. The summed E-state index contributed by atoms with van der Waals surface area (Å²) in [6, 6.07) is 18.9. The van der Waals surface area contributed by atoms with E-state index < -0.39 is 23.7 Å². The largest absolute Gasteiger partial charge is 0.507 e. The number of hydrogen-bond acceptors (Lipinski definition) is 7. The molecule has 1 unspecified atom stereocenters. The number of ketones is 1. The van der Waals surface area contributed by atoms with Crippen molar-refractivity contribution in [1.29, 1.82) is 0 Å². The molecule has 37 heavy (non-hydrogen) atoms. The number of ether oxygens (including phenoxy) is 3. The molecule has 3 aromatic carbocycles. The van der Waals surface area contributed by atoms with E-state index in [1.165, 1.54) is 31.3 Å². The average molecular weight is 502 g/mol. The van der Waals surface area contributed by atoms with Crippen molar-refractivity contribution in [2.75, 3.05) is 25.7 Å². The molecule has 3 aromatic rings. The molecule has 0 bridgehead atoms. The predicted octanol–water partition coefficient (Wildman–Crippen LogP) is 4.90. The maximum atomic E-state index is 13.4. The van der Waals surface area contributed by atoms with Crippen molar-refractivity contribution in [2.45, 2.75) is 19.4 Å². The predicted molar refractivity (Wildman–Crippen MR) is 138 cm³/mol. The second-order valence-corrected chi connectivity index (χ2v) is 8.36. The summed E-state index contributed by atoms with van der Waals surface area (Å²) in [5.41, 5.74) is 1.52. The van der Waals surface area contributed by atoms with E-state index in [9.17, 15) is 19.5 Å². The number of aliphatic hydroxyl groups excluding tert-OH is 1. The Bertz CT molecular complexity index is 1360. The van der Waals surface area contributed by atoms with Crippen LogP contribution in [0.3, 0.4) is 0 Å². The maximum absolute atomic E-state index is 13.4. The zero-order valence-electron chi connectivity index (χ0n) is 20.8. The zero-order valence-corrected chi connectivity index (χ0v) is 20.8. The van der Waals surface area contributed by atoms with Gasteiger partial charge in [0.2, 0.25) is 0 Å². The third-order valence-electron chi connectivity index (χ3n) is 6.00. The van der Waals surface area contributed by atoms with E-state index in [2.05, 4.69) is 0 Å². The second kappa shape index (κ2) is 11.0. The molecule has 8 heteroatoms. The van der Waals surface area contributed by atoms with Crippen LogP contribution in [0.5, 0.6) is 11.5 Å². The molecule has 1 heterocycles. The van der Waals surface area contributed by atoms with Gasteiger partial charge in [-0.3, -0.25) is 14.5 Å². The molecular weight excluding hydrogens is 474 g/mol. The number of carbonyl (C=O) groups is 3. The number of amides is 1. The number of anilines is 1. The minimum Gasteiger partial charge on any atom is -0.507 e. The molecule has 8 nitrogen and oxygen atoms in total. The van der Waals surface area contributed by atoms with E-state index in [0.717, 1.165) is 6.42 Å². The first-order valence-electron chi connectivity index (χ1n) is 11.8. The first-order chi connectivity index (χ1) is 17.9. The summed E-state index contributed by atoms with van der Waals surface area (Å²) in [6.07, 6.45) is 0.811. The number of esters is 1. The van der Waals surface area contributed by atoms with E-state index >= 15 is 0 Å². The maximum Gasteiger partial charge on any atom is 0.337 e. The fourth-order valence-corrected chi connectivity index (χ4v) is 4.21. The van der Waals surface area contributed by atoms with Crippen LogP contribution in [0.4, 0.5) is 5.69 Å². The first kappa shape index (κ1) is 25.5. The molecule has 1 aliphatic rings. The van der Waals surface area contributed by atoms with E-state index in [1.807, 2.05) is 6.92 Å². The highest BCUT2D eigenvalue weighted by atomic mass is 16.5. The summed E-state index contributed by atoms with van der Waals surface area (Å²) in [4.78, 5) is 39.9. The topological polar surface area (TPSA) is 102 Å². The molecule has 190 valence electrons. The summed E-state index contributed by atoms with van der Waals surface area (Å²) in [5.74, 6) is -1.42. The number of benzene rings is 3. The molecule has 0 aromatic heterocycles. The average Bonchev–Trinajstić information content (AvgIpc) is 3.21. The van der Waals surface area contributed by atoms with Crippen LogP contribution < -0.4 is 14.4 Å². The molecule has 0 saturated carbocycles. The molecule has 1 atom stereocenters. The Balaban J connectivity index is 1.87. The van der Waals surface area contributed by atoms with Crippen LogP contribution in [0, 0.1) is 0 Å². The standard InChI is InChI=1S/C29H27NO7/c1-4-15-37-23-10-6-8-20(17-23)26(31)24-25(19-7-5-9-22(16-19)35-2)30(28(33)27(24)32)21-13-11-18(12-14-21)29(34)36-3/h5-14,16-17,25,31H,4,15H2,1-3H3/b26-24+. The van der Waals surface area contributed by atoms with Gasteiger partial charge in [0, 0.05) is 11.3 Å². The Kier molecular flexibility index (Phi) is 7.57. The highest BCUT2D eigenvalue weighted by Crippen LogP contribution is 2.43. The Hall–Kier alpha value is -4.59. The van der Waals surface area contributed by atoms with Crippen LogP contribution in [0.1, 0.15) is 40.9 Å². The van der Waals surface area contributed by atoms with Gasteiger partial charge in [0.15, 0.2) is 0 Å². The lowest BCUT2D eigenvalue weighted by Gasteiger charge is -2.26. The Morgan fingerprint density at radius 1 is 0.919 bits per heavy atom. The van der Waals surface area contributed by atoms with Gasteiger partial charge >= 0.3 is 5.97 Å². The van der Waals surface area contributed by atoms with Crippen LogP contribution in [-0.4, -0.2) is 43.6 Å². The van der Waals surface area contributed by atoms with Gasteiger partial charge < -0.3 is 19.3 Å². The smallest absolute Gasteiger partial charge is 0.337 e. The Morgan fingerprint density at radius 2 is 1.62 bits per heavy atom. The van der Waals surface area contributed by atoms with Crippen LogP contribution in [-0.2, 0) is 14.3 Å². The van der Waals surface area contributed by atoms with Crippen LogP contribution in [0.25, 0.3) is 5.76 Å². The third-order valence-corrected chi connectivity index (χ3v) is 6.00. The highest BCUT2D eigenvalue weighted by molar-refractivity contribution is 6.51. The van der Waals surface area contributed by atoms with E-state index in [4.69, 9.17) is 14.2 Å². The van der Waals surface area contributed by atoms with Crippen molar-refractivity contribution in [1.82, 2.24) is 0 Å². The van der Waals surface area contributed by atoms with Gasteiger partial charge in [0.25, 0.3) is 11.7 Å². The minimum absolute atomic E-state index is 0.0667. The van der Waals surface area contributed by atoms with Gasteiger partial charge in [-0.25, -0.2) is 4.79 Å². The lowest BCUT2D eigenvalue weighted by Crippen LogP contribution is -2.29. The third kappa shape index (κ3) is 5.04. The van der Waals surface area contributed by atoms with Crippen molar-refractivity contribution in [2.24, 2.45) is 0 Å². The molecule has 0 spiro atoms. The lowest BCUT2D eigenvalue weighted by atomic mass is 9.95. The number of hydrogen-bond donors (Lipinski definition) is 1. The number of nitrogens with zero attached hydrogens (tertiary/aromatic N) is 1. The normalized spacial score (nSPS) is 16.5. The summed E-state index contributed by atoms with van der Waals surface area (Å²) < 4.78 is 15.8. The van der Waals surface area contributed by atoms with Crippen molar-refractivity contribution in [3.63, 3.8) is 0 Å². The zero-order chi connectivity index (χ0) is 26.5. The molecule has 1 amide bonds. The van der Waals surface area contributed by atoms with Crippen molar-refractivity contribution in [3.05, 3.63) is 95.1 Å². The fourth-order valence-electron chi connectivity index (χ4n) is 4.21. The molecule has 1 aliphatic heterocycles. The van der Waals surface area contributed by atoms with Gasteiger partial charge in [0.05, 0.1) is 38.0 Å². The number of rotatable bonds is 8. The minimum atomic E-state index is -0.945. The molecule has 4 rings (SSSR count). The Labute approximate surface area is 214 Å². The first-order valence-corrected chi connectivity index (χ1v) is 11.8. The van der Waals surface area contributed by atoms with Crippen molar-refractivity contribution in [3.8, 4) is 11.5 Å². The van der Waals surface area contributed by atoms with E-state index in [0.29, 0.717) is 40.5 Å². The van der Waals surface area contributed by atoms with Crippen LogP contribution >= 0.6 is 0 Å². The molecule has 1 saturated heterocycles. The monoisotopic (exact) mass is 501 g/mol. The summed E-state index contributed by atoms with van der Waals surface area (Å²) >= 11 is 0. The van der Waals surface area contributed by atoms with E-state index in [-0.39, 0.29) is 11.3 Å². The molecule has 0 aliphatic carbocycles. The quantitative estimate of drug-likeness (QED) is 0.203. The molecule has 1 N–H and O–H groups in total. The van der Waals surface area contributed by atoms with Crippen LogP contribution in [0.15, 0.2) is 78.4 Å². The van der Waals surface area contributed by atoms with Crippen LogP contribution in [0.2, 0.25) is 0 Å². The SMILES string of the molecule is CCCOc1cccc(/C(O)=C2\C(=O)C(=O)N(c3ccc(C(=O)OC)cc3)C2c2cccc(OC)c2)c1. The van der Waals surface area contributed by atoms with Crippen molar-refractivity contribution >= 4 is 29.1 Å². The number of carbonyl (C=O) groups excluding carboxylic acids is 3.